The molecule has 18 heavy (non-hydrogen) atoms. The molecule has 1 atom stereocenters. The molecule has 0 aromatic heterocycles. The van der Waals surface area contributed by atoms with Crippen molar-refractivity contribution in [1.29, 1.82) is 0 Å². The minimum atomic E-state index is -3.97. The summed E-state index contributed by atoms with van der Waals surface area (Å²) in [6.07, 6.45) is -0.825. The predicted molar refractivity (Wildman–Crippen MR) is 61.3 cm³/mol. The molecule has 0 radical (unpaired) electrons. The summed E-state index contributed by atoms with van der Waals surface area (Å²) in [4.78, 5) is 10.5. The molecule has 0 fully saturated rings. The van der Waals surface area contributed by atoms with Crippen LogP contribution in [0.2, 0.25) is 0 Å². The van der Waals surface area contributed by atoms with Gasteiger partial charge in [0.2, 0.25) is 9.84 Å². The second-order valence-electron chi connectivity index (χ2n) is 3.66. The fourth-order valence-electron chi connectivity index (χ4n) is 1.71. The van der Waals surface area contributed by atoms with E-state index < -0.39 is 26.8 Å². The van der Waals surface area contributed by atoms with Crippen molar-refractivity contribution in [2.45, 2.75) is 11.0 Å². The second-order valence-corrected chi connectivity index (χ2v) is 5.58. The first-order valence-electron chi connectivity index (χ1n) is 4.94. The number of sulfone groups is 1. The summed E-state index contributed by atoms with van der Waals surface area (Å²) in [5.41, 5.74) is 0.0652. The lowest BCUT2D eigenvalue weighted by atomic mass is 10.1. The van der Waals surface area contributed by atoms with E-state index in [-0.39, 0.29) is 16.2 Å². The van der Waals surface area contributed by atoms with E-state index in [2.05, 4.69) is 4.74 Å². The highest BCUT2D eigenvalue weighted by Gasteiger charge is 2.38. The van der Waals surface area contributed by atoms with Crippen molar-refractivity contribution < 1.29 is 28.2 Å². The quantitative estimate of drug-likeness (QED) is 0.737. The molecule has 7 heteroatoms. The number of fused-ring (bicyclic) bond motifs is 1. The Bertz CT molecular complexity index is 643. The van der Waals surface area contributed by atoms with Crippen LogP contribution in [-0.4, -0.2) is 37.8 Å². The van der Waals surface area contributed by atoms with Gasteiger partial charge in [-0.15, -0.1) is 0 Å². The van der Waals surface area contributed by atoms with Gasteiger partial charge >= 0.3 is 5.97 Å². The van der Waals surface area contributed by atoms with Crippen molar-refractivity contribution in [2.24, 2.45) is 0 Å². The lowest BCUT2D eigenvalue weighted by Gasteiger charge is -2.09. The zero-order valence-corrected chi connectivity index (χ0v) is 10.1. The maximum atomic E-state index is 12.1. The molecule has 1 aromatic carbocycles. The summed E-state index contributed by atoms with van der Waals surface area (Å²) in [5.74, 6) is -1.31. The average Bonchev–Trinajstić information content (AvgIpc) is 2.61. The van der Waals surface area contributed by atoms with E-state index in [0.717, 1.165) is 13.2 Å². The summed E-state index contributed by atoms with van der Waals surface area (Å²) in [5, 5.41) is 19.2. The molecule has 0 saturated heterocycles. The van der Waals surface area contributed by atoms with Crippen LogP contribution >= 0.6 is 0 Å². The number of methoxy groups -OCH3 is 1. The van der Waals surface area contributed by atoms with Crippen LogP contribution in [0.15, 0.2) is 28.0 Å². The summed E-state index contributed by atoms with van der Waals surface area (Å²) in [6.45, 7) is 0. The molecule has 6 nitrogen and oxygen atoms in total. The van der Waals surface area contributed by atoms with Gasteiger partial charge < -0.3 is 14.9 Å². The highest BCUT2D eigenvalue weighted by Crippen LogP contribution is 2.38. The smallest absolute Gasteiger partial charge is 0.340 e. The molecular weight excluding hydrogens is 260 g/mol. The highest BCUT2D eigenvalue weighted by atomic mass is 32.2. The van der Waals surface area contributed by atoms with E-state index in [9.17, 15) is 23.4 Å². The number of hydrogen-bond acceptors (Lipinski definition) is 6. The predicted octanol–water partition coefficient (Wildman–Crippen LogP) is 0.0543. The van der Waals surface area contributed by atoms with Gasteiger partial charge in [0.25, 0.3) is 0 Å². The first kappa shape index (κ1) is 12.6. The number of hydrogen-bond donors (Lipinski definition) is 2. The van der Waals surface area contributed by atoms with Gasteiger partial charge in [0, 0.05) is 5.56 Å². The second kappa shape index (κ2) is 4.11. The number of carbonyl (C=O) groups is 1. The largest absolute Gasteiger partial charge is 0.507 e. The Kier molecular flexibility index (Phi) is 2.88. The maximum Gasteiger partial charge on any atom is 0.340 e. The standard InChI is InChI=1S/C11H10O6S/c1-17-11(14)10(13)9-5-6-7(12)3-2-4-8(6)18(9,15)16/h2-5,10,12-13H,1H3. The van der Waals surface area contributed by atoms with E-state index in [1.54, 1.807) is 0 Å². The molecule has 2 rings (SSSR count). The SMILES string of the molecule is COC(=O)C(O)C1=Cc2c(O)cccc2S1(=O)=O. The number of rotatable bonds is 2. The number of phenols is 1. The molecule has 96 valence electrons. The lowest BCUT2D eigenvalue weighted by molar-refractivity contribution is -0.147. The molecule has 0 bridgehead atoms. The van der Waals surface area contributed by atoms with Crippen LogP contribution in [0.4, 0.5) is 0 Å². The fraction of sp³-hybridized carbons (Fsp3) is 0.182. The van der Waals surface area contributed by atoms with Crippen molar-refractivity contribution in [1.82, 2.24) is 0 Å². The molecule has 0 aliphatic carbocycles. The number of aromatic hydroxyl groups is 1. The first-order chi connectivity index (χ1) is 8.39. The first-order valence-corrected chi connectivity index (χ1v) is 6.42. The Morgan fingerprint density at radius 2 is 2.06 bits per heavy atom. The molecule has 2 N–H and O–H groups in total. The summed E-state index contributed by atoms with van der Waals surface area (Å²) < 4.78 is 28.4. The average molecular weight is 270 g/mol. The molecule has 1 aromatic rings. The number of aliphatic hydroxyl groups is 1. The Morgan fingerprint density at radius 3 is 2.61 bits per heavy atom. The lowest BCUT2D eigenvalue weighted by Crippen LogP contribution is -2.26. The molecule has 0 saturated carbocycles. The van der Waals surface area contributed by atoms with Gasteiger partial charge in [0.1, 0.15) is 5.75 Å². The normalized spacial score (nSPS) is 17.8. The number of esters is 1. The van der Waals surface area contributed by atoms with Crippen LogP contribution in [0.1, 0.15) is 5.56 Å². The van der Waals surface area contributed by atoms with Crippen molar-refractivity contribution >= 4 is 21.9 Å². The topological polar surface area (TPSA) is 101 Å². The molecule has 1 aliphatic heterocycles. The summed E-state index contributed by atoms with van der Waals surface area (Å²) >= 11 is 0. The van der Waals surface area contributed by atoms with Gasteiger partial charge in [-0.2, -0.15) is 0 Å². The molecule has 1 unspecified atom stereocenters. The van der Waals surface area contributed by atoms with Crippen LogP contribution in [0, 0.1) is 0 Å². The minimum Gasteiger partial charge on any atom is -0.507 e. The Hall–Kier alpha value is -1.86. The van der Waals surface area contributed by atoms with E-state index in [1.807, 2.05) is 0 Å². The van der Waals surface area contributed by atoms with Crippen LogP contribution in [0.3, 0.4) is 0 Å². The van der Waals surface area contributed by atoms with Crippen LogP contribution in [-0.2, 0) is 19.4 Å². The third-order valence-corrected chi connectivity index (χ3v) is 4.52. The van der Waals surface area contributed by atoms with Crippen LogP contribution in [0.25, 0.3) is 6.08 Å². The van der Waals surface area contributed by atoms with Gasteiger partial charge in [0.05, 0.1) is 16.9 Å². The molecule has 1 aliphatic rings. The Labute approximate surface area is 103 Å². The number of phenolic OH excluding ortho intramolecular Hbond substituents is 1. The Balaban J connectivity index is 2.59. The van der Waals surface area contributed by atoms with Crippen molar-refractivity contribution in [2.75, 3.05) is 7.11 Å². The Morgan fingerprint density at radius 1 is 1.39 bits per heavy atom. The number of carbonyl (C=O) groups excluding carboxylic acids is 1. The van der Waals surface area contributed by atoms with Crippen LogP contribution in [0.5, 0.6) is 5.75 Å². The van der Waals surface area contributed by atoms with Gasteiger partial charge in [0.15, 0.2) is 6.10 Å². The van der Waals surface area contributed by atoms with Crippen molar-refractivity contribution in [3.63, 3.8) is 0 Å². The summed E-state index contributed by atoms with van der Waals surface area (Å²) in [6, 6.07) is 3.98. The van der Waals surface area contributed by atoms with Crippen molar-refractivity contribution in [3.05, 3.63) is 28.7 Å². The third kappa shape index (κ3) is 1.68. The van der Waals surface area contributed by atoms with E-state index >= 15 is 0 Å². The fourth-order valence-corrected chi connectivity index (χ4v) is 3.34. The minimum absolute atomic E-state index is 0.0652. The molecule has 0 amide bonds. The number of benzene rings is 1. The zero-order valence-electron chi connectivity index (χ0n) is 9.32. The van der Waals surface area contributed by atoms with Crippen molar-refractivity contribution in [3.8, 4) is 5.75 Å². The maximum absolute atomic E-state index is 12.1. The third-order valence-electron chi connectivity index (χ3n) is 2.62. The molecular formula is C11H10O6S. The monoisotopic (exact) mass is 270 g/mol. The molecule has 0 spiro atoms. The van der Waals surface area contributed by atoms with Gasteiger partial charge in [-0.25, -0.2) is 13.2 Å². The van der Waals surface area contributed by atoms with Crippen LogP contribution < -0.4 is 0 Å². The zero-order chi connectivity index (χ0) is 13.5. The van der Waals surface area contributed by atoms with Gasteiger partial charge in [-0.05, 0) is 18.2 Å². The van der Waals surface area contributed by atoms with Gasteiger partial charge in [-0.1, -0.05) is 6.07 Å². The number of ether oxygens (including phenoxy) is 1. The molecule has 1 heterocycles. The van der Waals surface area contributed by atoms with E-state index in [1.165, 1.54) is 18.2 Å². The van der Waals surface area contributed by atoms with E-state index in [4.69, 9.17) is 0 Å². The number of aliphatic hydroxyl groups excluding tert-OH is 1. The van der Waals surface area contributed by atoms with E-state index in [0.29, 0.717) is 0 Å². The summed E-state index contributed by atoms with van der Waals surface area (Å²) in [7, 11) is -2.93. The van der Waals surface area contributed by atoms with Gasteiger partial charge in [-0.3, -0.25) is 0 Å². The highest BCUT2D eigenvalue weighted by molar-refractivity contribution is 7.96.